The van der Waals surface area contributed by atoms with Crippen molar-refractivity contribution < 1.29 is 14.0 Å². The summed E-state index contributed by atoms with van der Waals surface area (Å²) < 4.78 is 13.0. The number of hydrogen-bond donors (Lipinski definition) is 0. The lowest BCUT2D eigenvalue weighted by Gasteiger charge is -2.35. The molecule has 1 fully saturated rings. The Morgan fingerprint density at radius 1 is 1.11 bits per heavy atom. The first-order chi connectivity index (χ1) is 12.9. The molecule has 1 aromatic carbocycles. The lowest BCUT2D eigenvalue weighted by molar-refractivity contribution is -0.139. The number of amides is 2. The molecule has 7 heteroatoms. The molecule has 3 rings (SSSR count). The van der Waals surface area contributed by atoms with E-state index in [2.05, 4.69) is 4.98 Å². The van der Waals surface area contributed by atoms with E-state index < -0.39 is 0 Å². The number of halogens is 1. The molecule has 142 valence electrons. The molecule has 0 atom stereocenters. The quantitative estimate of drug-likeness (QED) is 0.757. The molecular formula is C20H22FN3O2S. The lowest BCUT2D eigenvalue weighted by Crippen LogP contribution is -2.51. The molecule has 1 saturated heterocycles. The lowest BCUT2D eigenvalue weighted by atomic mass is 10.1. The second-order valence-corrected chi connectivity index (χ2v) is 7.58. The molecule has 2 heterocycles. The zero-order valence-corrected chi connectivity index (χ0v) is 16.2. The van der Waals surface area contributed by atoms with Crippen molar-refractivity contribution in [2.24, 2.45) is 5.92 Å². The van der Waals surface area contributed by atoms with E-state index in [1.165, 1.54) is 29.5 Å². The largest absolute Gasteiger partial charge is 0.339 e. The van der Waals surface area contributed by atoms with Gasteiger partial charge in [-0.3, -0.25) is 9.59 Å². The number of piperazine rings is 1. The van der Waals surface area contributed by atoms with Gasteiger partial charge < -0.3 is 9.80 Å². The van der Waals surface area contributed by atoms with Crippen LogP contribution < -0.4 is 0 Å². The first-order valence-corrected chi connectivity index (χ1v) is 9.79. The van der Waals surface area contributed by atoms with Crippen molar-refractivity contribution >= 4 is 29.2 Å². The minimum absolute atomic E-state index is 0.0212. The third kappa shape index (κ3) is 4.80. The third-order valence-electron chi connectivity index (χ3n) is 4.41. The summed E-state index contributed by atoms with van der Waals surface area (Å²) >= 11 is 1.45. The van der Waals surface area contributed by atoms with Crippen molar-refractivity contribution in [3.8, 4) is 10.6 Å². The summed E-state index contributed by atoms with van der Waals surface area (Å²) in [6.45, 7) is 6.00. The summed E-state index contributed by atoms with van der Waals surface area (Å²) in [6, 6.07) is 6.17. The highest BCUT2D eigenvalue weighted by molar-refractivity contribution is 7.13. The number of hydrogen-bond acceptors (Lipinski definition) is 4. The molecule has 27 heavy (non-hydrogen) atoms. The Labute approximate surface area is 162 Å². The zero-order chi connectivity index (χ0) is 19.4. The van der Waals surface area contributed by atoms with Crippen LogP contribution in [0.4, 0.5) is 4.39 Å². The second-order valence-electron chi connectivity index (χ2n) is 6.72. The van der Waals surface area contributed by atoms with Crippen LogP contribution in [0.1, 0.15) is 19.5 Å². The molecule has 0 unspecified atom stereocenters. The molecule has 1 aromatic heterocycles. The van der Waals surface area contributed by atoms with E-state index in [0.717, 1.165) is 10.6 Å². The monoisotopic (exact) mass is 387 g/mol. The Hall–Kier alpha value is -2.54. The minimum atomic E-state index is -0.281. The van der Waals surface area contributed by atoms with Crippen LogP contribution in [0.2, 0.25) is 0 Å². The number of rotatable bonds is 4. The Morgan fingerprint density at radius 2 is 1.74 bits per heavy atom. The van der Waals surface area contributed by atoms with Gasteiger partial charge >= 0.3 is 0 Å². The summed E-state index contributed by atoms with van der Waals surface area (Å²) in [6.07, 6.45) is 3.21. The average Bonchev–Trinajstić information content (AvgIpc) is 3.15. The summed E-state index contributed by atoms with van der Waals surface area (Å²) in [5.41, 5.74) is 1.54. The van der Waals surface area contributed by atoms with Crippen LogP contribution in [0.25, 0.3) is 16.6 Å². The predicted molar refractivity (Wildman–Crippen MR) is 105 cm³/mol. The van der Waals surface area contributed by atoms with Gasteiger partial charge in [-0.2, -0.15) is 0 Å². The molecular weight excluding hydrogens is 365 g/mol. The van der Waals surface area contributed by atoms with Crippen LogP contribution >= 0.6 is 11.3 Å². The predicted octanol–water partition coefficient (Wildman–Crippen LogP) is 3.29. The first kappa shape index (κ1) is 19.2. The number of nitrogens with zero attached hydrogens (tertiary/aromatic N) is 3. The molecule has 2 amide bonds. The summed E-state index contributed by atoms with van der Waals surface area (Å²) in [4.78, 5) is 32.4. The van der Waals surface area contributed by atoms with Gasteiger partial charge in [0.05, 0.1) is 5.69 Å². The van der Waals surface area contributed by atoms with Gasteiger partial charge in [-0.15, -0.1) is 11.3 Å². The van der Waals surface area contributed by atoms with E-state index in [0.29, 0.717) is 31.9 Å². The Morgan fingerprint density at radius 3 is 2.37 bits per heavy atom. The maximum atomic E-state index is 13.0. The Kier molecular flexibility index (Phi) is 6.01. The molecule has 0 saturated carbocycles. The van der Waals surface area contributed by atoms with Crippen LogP contribution in [0.15, 0.2) is 35.7 Å². The van der Waals surface area contributed by atoms with Crippen molar-refractivity contribution in [3.63, 3.8) is 0 Å². The summed E-state index contributed by atoms with van der Waals surface area (Å²) in [7, 11) is 0. The Balaban J connectivity index is 1.56. The van der Waals surface area contributed by atoms with Gasteiger partial charge in [-0.25, -0.2) is 9.37 Å². The van der Waals surface area contributed by atoms with Crippen molar-refractivity contribution in [2.75, 3.05) is 26.2 Å². The van der Waals surface area contributed by atoms with Crippen LogP contribution in [0.3, 0.4) is 0 Å². The Bertz CT molecular complexity index is 837. The SMILES string of the molecule is CC(C)C(=O)N1CCN(C(=O)/C=C/c2csc(-c3ccc(F)cc3)n2)CC1. The number of benzene rings is 1. The zero-order valence-electron chi connectivity index (χ0n) is 15.4. The smallest absolute Gasteiger partial charge is 0.246 e. The van der Waals surface area contributed by atoms with E-state index in [1.807, 2.05) is 24.1 Å². The van der Waals surface area contributed by atoms with Gasteiger partial charge in [0.15, 0.2) is 0 Å². The maximum Gasteiger partial charge on any atom is 0.246 e. The number of aromatic nitrogens is 1. The third-order valence-corrected chi connectivity index (χ3v) is 5.32. The number of carbonyl (C=O) groups is 2. The highest BCUT2D eigenvalue weighted by atomic mass is 32.1. The normalized spacial score (nSPS) is 15.0. The van der Waals surface area contributed by atoms with E-state index in [4.69, 9.17) is 0 Å². The van der Waals surface area contributed by atoms with Crippen molar-refractivity contribution in [1.29, 1.82) is 0 Å². The highest BCUT2D eigenvalue weighted by Crippen LogP contribution is 2.24. The van der Waals surface area contributed by atoms with E-state index in [9.17, 15) is 14.0 Å². The fraction of sp³-hybridized carbons (Fsp3) is 0.350. The van der Waals surface area contributed by atoms with E-state index in [-0.39, 0.29) is 23.5 Å². The van der Waals surface area contributed by atoms with Gasteiger partial charge in [0.25, 0.3) is 0 Å². The first-order valence-electron chi connectivity index (χ1n) is 8.91. The molecule has 1 aliphatic rings. The molecule has 0 bridgehead atoms. The number of carbonyl (C=O) groups excluding carboxylic acids is 2. The molecule has 5 nitrogen and oxygen atoms in total. The van der Waals surface area contributed by atoms with Crippen molar-refractivity contribution in [2.45, 2.75) is 13.8 Å². The molecule has 1 aliphatic heterocycles. The van der Waals surface area contributed by atoms with Gasteiger partial charge in [0.1, 0.15) is 10.8 Å². The van der Waals surface area contributed by atoms with Crippen LogP contribution in [0, 0.1) is 11.7 Å². The maximum absolute atomic E-state index is 13.0. The van der Waals surface area contributed by atoms with Crippen LogP contribution in [-0.4, -0.2) is 52.8 Å². The number of thiazole rings is 1. The van der Waals surface area contributed by atoms with Gasteiger partial charge in [0.2, 0.25) is 11.8 Å². The topological polar surface area (TPSA) is 53.5 Å². The van der Waals surface area contributed by atoms with Gasteiger partial charge in [-0.1, -0.05) is 13.8 Å². The van der Waals surface area contributed by atoms with Gasteiger partial charge in [-0.05, 0) is 30.3 Å². The van der Waals surface area contributed by atoms with Crippen LogP contribution in [-0.2, 0) is 9.59 Å². The van der Waals surface area contributed by atoms with Crippen molar-refractivity contribution in [3.05, 3.63) is 47.2 Å². The van der Waals surface area contributed by atoms with E-state index >= 15 is 0 Å². The van der Waals surface area contributed by atoms with Crippen molar-refractivity contribution in [1.82, 2.24) is 14.8 Å². The average molecular weight is 387 g/mol. The fourth-order valence-electron chi connectivity index (χ4n) is 2.86. The molecule has 0 radical (unpaired) electrons. The highest BCUT2D eigenvalue weighted by Gasteiger charge is 2.24. The molecule has 2 aromatic rings. The minimum Gasteiger partial charge on any atom is -0.339 e. The second kappa shape index (κ2) is 8.43. The van der Waals surface area contributed by atoms with Crippen LogP contribution in [0.5, 0.6) is 0 Å². The molecule has 0 spiro atoms. The molecule has 0 aliphatic carbocycles. The summed E-state index contributed by atoms with van der Waals surface area (Å²) in [5.74, 6) is -0.250. The standard InChI is InChI=1S/C20H22FN3O2S/c1-14(2)20(26)24-11-9-23(10-12-24)18(25)8-7-17-13-27-19(22-17)15-3-5-16(21)6-4-15/h3-8,13-14H,9-12H2,1-2H3/b8-7+. The van der Waals surface area contributed by atoms with Gasteiger partial charge in [0, 0.05) is 49.1 Å². The van der Waals surface area contributed by atoms with E-state index in [1.54, 1.807) is 23.1 Å². The summed E-state index contributed by atoms with van der Waals surface area (Å²) in [5, 5.41) is 2.64. The fourth-order valence-corrected chi connectivity index (χ4v) is 3.66. The molecule has 0 N–H and O–H groups in total.